The number of ether oxygens (including phenoxy) is 2. The van der Waals surface area contributed by atoms with Gasteiger partial charge in [-0.3, -0.25) is 41.8 Å². The molecule has 3 fully saturated rings. The van der Waals surface area contributed by atoms with Crippen molar-refractivity contribution >= 4 is 49.2 Å². The van der Waals surface area contributed by atoms with Crippen molar-refractivity contribution < 1.29 is 54.8 Å². The summed E-state index contributed by atoms with van der Waals surface area (Å²) in [6.45, 7) is -6.73. The van der Waals surface area contributed by atoms with Crippen LogP contribution < -0.4 is 16.6 Å². The van der Waals surface area contributed by atoms with Gasteiger partial charge in [0.1, 0.15) is 30.7 Å². The molecule has 3 aliphatic heterocycles. The summed E-state index contributed by atoms with van der Waals surface area (Å²) in [5.74, 6) is -0.513. The van der Waals surface area contributed by atoms with Crippen LogP contribution in [0.1, 0.15) is 35.7 Å². The number of halogens is 2. The number of imidazole rings is 1. The molecule has 2 bridgehead atoms. The number of H-pyrrole nitrogens is 1. The van der Waals surface area contributed by atoms with Gasteiger partial charge in [0.25, 0.3) is 11.5 Å². The largest absolute Gasteiger partial charge is 0.475 e. The van der Waals surface area contributed by atoms with Crippen LogP contribution >= 0.6 is 14.5 Å². The zero-order valence-corrected chi connectivity index (χ0v) is 32.3. The summed E-state index contributed by atoms with van der Waals surface area (Å²) in [5.41, 5.74) is -1.40. The minimum absolute atomic E-state index is 0.00461. The Bertz CT molecular complexity index is 2450. The van der Waals surface area contributed by atoms with Gasteiger partial charge in [-0.15, -0.1) is 0 Å². The number of nitrogens with zero attached hydrogens (tertiary/aromatic N) is 7. The van der Waals surface area contributed by atoms with Gasteiger partial charge in [0.05, 0.1) is 57.7 Å². The first-order valence-electron chi connectivity index (χ1n) is 17.3. The van der Waals surface area contributed by atoms with E-state index in [9.17, 15) is 24.2 Å². The first kappa shape index (κ1) is 41.5. The minimum atomic E-state index is -4.95. The summed E-state index contributed by atoms with van der Waals surface area (Å²) < 4.78 is 95.4. The average molecular weight is 866 g/mol. The highest BCUT2D eigenvalue weighted by molar-refractivity contribution is 8.07. The summed E-state index contributed by atoms with van der Waals surface area (Å²) in [6.07, 6.45) is -11.8. The highest BCUT2D eigenvalue weighted by atomic mass is 32.5. The van der Waals surface area contributed by atoms with E-state index in [2.05, 4.69) is 20.3 Å². The molecule has 6 heterocycles. The minimum Gasteiger partial charge on any atom is -0.346 e. The maximum Gasteiger partial charge on any atom is 0.475 e. The molecule has 3 aromatic heterocycles. The van der Waals surface area contributed by atoms with Gasteiger partial charge < -0.3 is 23.8 Å². The first-order valence-corrected chi connectivity index (χ1v) is 21.3. The number of rotatable bonds is 10. The number of hydrogen-bond donors (Lipinski definition) is 2. The number of anilines is 1. The van der Waals surface area contributed by atoms with Crippen molar-refractivity contribution in [2.45, 2.75) is 62.1 Å². The number of carbonyl (C=O) groups is 1. The maximum absolute atomic E-state index is 16.8. The number of alkyl halides is 2. The number of amides is 1. The van der Waals surface area contributed by atoms with Crippen LogP contribution in [0.15, 0.2) is 64.8 Å². The van der Waals surface area contributed by atoms with Crippen LogP contribution in [0.25, 0.3) is 11.2 Å². The monoisotopic (exact) mass is 865 g/mol. The number of aromatic amines is 1. The van der Waals surface area contributed by atoms with Crippen molar-refractivity contribution in [3.63, 3.8) is 0 Å². The van der Waals surface area contributed by atoms with Gasteiger partial charge in [0.2, 0.25) is 0 Å². The summed E-state index contributed by atoms with van der Waals surface area (Å²) in [6, 6.07) is 12.9. The normalized spacial score (nSPS) is 31.2. The van der Waals surface area contributed by atoms with E-state index in [0.717, 1.165) is 23.2 Å². The Hall–Kier alpha value is -4.68. The molecule has 3 aliphatic rings. The zero-order valence-electron chi connectivity index (χ0n) is 29.6. The van der Waals surface area contributed by atoms with Crippen LogP contribution in [0.2, 0.25) is 0 Å². The molecule has 2 unspecified atom stereocenters. The van der Waals surface area contributed by atoms with Crippen molar-refractivity contribution in [1.29, 1.82) is 10.5 Å². The molecule has 0 aliphatic carbocycles. The molecule has 0 saturated carbocycles. The lowest BCUT2D eigenvalue weighted by molar-refractivity contribution is -0.0683. The Kier molecular flexibility index (Phi) is 12.6. The third kappa shape index (κ3) is 8.83. The SMILES string of the molecule is N#CCCOP1(=O)OC[C@H]2O[C@@H](n3ccc(=O)[nH]c3=O)[C@H](OP(=S)(OCCC#N)OC[C@H]3O[C@@H](n4cnc5c(NC(=O)c6ccccc6)ncnc54)[C@H](F)[C@@H]3O1)[C@@H]2F. The molecule has 58 heavy (non-hydrogen) atoms. The molecule has 26 heteroatoms. The van der Waals surface area contributed by atoms with Gasteiger partial charge in [-0.2, -0.15) is 10.5 Å². The highest BCUT2D eigenvalue weighted by Crippen LogP contribution is 2.58. The van der Waals surface area contributed by atoms with E-state index in [1.54, 1.807) is 36.4 Å². The van der Waals surface area contributed by atoms with Crippen molar-refractivity contribution in [1.82, 2.24) is 29.1 Å². The lowest BCUT2D eigenvalue weighted by atomic mass is 10.1. The molecule has 10 atom stereocenters. The van der Waals surface area contributed by atoms with E-state index in [0.29, 0.717) is 5.56 Å². The molecule has 0 spiro atoms. The number of phosphoric acid groups is 1. The molecule has 3 saturated heterocycles. The predicted octanol–water partition coefficient (Wildman–Crippen LogP) is 3.11. The Morgan fingerprint density at radius 2 is 1.66 bits per heavy atom. The Balaban J connectivity index is 1.23. The molecule has 0 radical (unpaired) electrons. The summed E-state index contributed by atoms with van der Waals surface area (Å²) >= 11 is 5.63. The maximum atomic E-state index is 16.8. The molecule has 2 N–H and O–H groups in total. The van der Waals surface area contributed by atoms with E-state index < -0.39 is 101 Å². The number of hydrogen-bond acceptors (Lipinski definition) is 18. The van der Waals surface area contributed by atoms with Gasteiger partial charge in [-0.25, -0.2) is 33.1 Å². The van der Waals surface area contributed by atoms with Crippen molar-refractivity contribution in [3.05, 3.63) is 81.7 Å². The third-order valence-electron chi connectivity index (χ3n) is 8.78. The average Bonchev–Trinajstić information content (AvgIpc) is 3.87. The number of benzene rings is 1. The predicted molar refractivity (Wildman–Crippen MR) is 195 cm³/mol. The fourth-order valence-corrected chi connectivity index (χ4v) is 9.55. The zero-order chi connectivity index (χ0) is 41.0. The van der Waals surface area contributed by atoms with Crippen molar-refractivity contribution in [2.24, 2.45) is 0 Å². The van der Waals surface area contributed by atoms with E-state index in [-0.39, 0.29) is 36.4 Å². The van der Waals surface area contributed by atoms with Crippen LogP contribution in [0.5, 0.6) is 0 Å². The molecule has 1 aromatic carbocycles. The molecule has 4 aromatic rings. The standard InChI is InChI=1S/C32H31F2N9O12P2S/c33-22-19-14-50-56(47,48-12-4-9-35)54-25-20(15-51-57(58,49-13-5-10-36)55-26(22)31(52-19)42-11-8-21(44)40-32(42)46)53-30(23(25)34)43-17-39-24-27(37-16-38-28(24)43)41-29(45)18-6-2-1-3-7-18/h1-3,6-8,11,16-17,19-20,22-23,25-26,30-31H,4-5,12-15H2,(H,40,44,46)(H,37,38,41,45)/t19-,20-,22-,23-,25-,26-,30-,31-,56?,57?/m1/s1. The van der Waals surface area contributed by atoms with E-state index in [4.69, 9.17) is 53.7 Å². The number of carbonyl (C=O) groups excluding carboxylic acids is 1. The van der Waals surface area contributed by atoms with Gasteiger partial charge in [-0.1, -0.05) is 18.2 Å². The van der Waals surface area contributed by atoms with Gasteiger partial charge >= 0.3 is 20.2 Å². The Labute approximate surface area is 330 Å². The molecule has 306 valence electrons. The Morgan fingerprint density at radius 3 is 2.40 bits per heavy atom. The van der Waals surface area contributed by atoms with Crippen LogP contribution in [0.4, 0.5) is 14.6 Å². The summed E-state index contributed by atoms with van der Waals surface area (Å²) in [4.78, 5) is 52.2. The lowest BCUT2D eigenvalue weighted by Gasteiger charge is -2.30. The number of nitriles is 2. The third-order valence-corrected chi connectivity index (χ3v) is 12.6. The van der Waals surface area contributed by atoms with Crippen molar-refractivity contribution in [3.8, 4) is 12.1 Å². The quantitative estimate of drug-likeness (QED) is 0.171. The number of aromatic nitrogens is 6. The smallest absolute Gasteiger partial charge is 0.346 e. The van der Waals surface area contributed by atoms with Gasteiger partial charge in [-0.05, 0) is 23.9 Å². The second kappa shape index (κ2) is 17.7. The van der Waals surface area contributed by atoms with Gasteiger partial charge in [0, 0.05) is 17.8 Å². The van der Waals surface area contributed by atoms with Crippen LogP contribution in [0.3, 0.4) is 0 Å². The Morgan fingerprint density at radius 1 is 0.931 bits per heavy atom. The lowest BCUT2D eigenvalue weighted by Crippen LogP contribution is -2.38. The summed E-state index contributed by atoms with van der Waals surface area (Å²) in [5, 5.41) is 20.9. The fourth-order valence-electron chi connectivity index (χ4n) is 6.10. The highest BCUT2D eigenvalue weighted by Gasteiger charge is 2.55. The fraction of sp³-hybridized carbons (Fsp3) is 0.438. The number of phosphoric ester groups is 1. The van der Waals surface area contributed by atoms with Crippen molar-refractivity contribution in [2.75, 3.05) is 31.7 Å². The van der Waals surface area contributed by atoms with Gasteiger partial charge in [0.15, 0.2) is 41.8 Å². The molecular weight excluding hydrogens is 834 g/mol. The van der Waals surface area contributed by atoms with Crippen LogP contribution in [-0.2, 0) is 53.0 Å². The second-order valence-corrected chi connectivity index (χ2v) is 17.1. The topological polar surface area (TPSA) is 266 Å². The molecule has 21 nitrogen and oxygen atoms in total. The van der Waals surface area contributed by atoms with Crippen LogP contribution in [-0.4, -0.2) is 98.2 Å². The molecular formula is C32H31F2N9O12P2S. The first-order chi connectivity index (χ1) is 27.9. The van der Waals surface area contributed by atoms with E-state index >= 15 is 8.78 Å². The van der Waals surface area contributed by atoms with E-state index in [1.807, 2.05) is 11.1 Å². The summed E-state index contributed by atoms with van der Waals surface area (Å²) in [7, 11) is -4.95. The second-order valence-electron chi connectivity index (χ2n) is 12.5. The number of fused-ring (bicyclic) bond motifs is 4. The van der Waals surface area contributed by atoms with Crippen LogP contribution in [0, 0.1) is 22.7 Å². The molecule has 1 amide bonds. The van der Waals surface area contributed by atoms with E-state index in [1.165, 1.54) is 10.9 Å². The number of nitrogens with one attached hydrogen (secondary N) is 2. The molecule has 7 rings (SSSR count).